The lowest BCUT2D eigenvalue weighted by Crippen LogP contribution is -2.49. The second-order valence-corrected chi connectivity index (χ2v) is 9.57. The van der Waals surface area contributed by atoms with Crippen LogP contribution in [0, 0.1) is 17.8 Å². The van der Waals surface area contributed by atoms with Gasteiger partial charge in [-0.05, 0) is 45.6 Å². The van der Waals surface area contributed by atoms with Crippen molar-refractivity contribution in [3.05, 3.63) is 23.8 Å². The minimum atomic E-state index is -3.79. The molecule has 2 rings (SSSR count). The summed E-state index contributed by atoms with van der Waals surface area (Å²) in [5.41, 5.74) is 0.737. The minimum Gasteiger partial charge on any atom is -0.487 e. The van der Waals surface area contributed by atoms with Gasteiger partial charge in [0.25, 0.3) is 0 Å². The number of nitrogens with zero attached hydrogens (tertiary/aromatic N) is 2. The Hall–Kier alpha value is -1.59. The molecule has 1 aliphatic rings. The molecule has 0 radical (unpaired) electrons. The predicted molar refractivity (Wildman–Crippen MR) is 111 cm³/mol. The van der Waals surface area contributed by atoms with E-state index < -0.39 is 16.1 Å². The van der Waals surface area contributed by atoms with Gasteiger partial charge in [0.2, 0.25) is 10.0 Å². The maximum absolute atomic E-state index is 13.3. The van der Waals surface area contributed by atoms with Crippen LogP contribution in [-0.4, -0.2) is 68.7 Å². The topological polar surface area (TPSA) is 70.1 Å². The van der Waals surface area contributed by atoms with Gasteiger partial charge in [0, 0.05) is 37.0 Å². The standard InChI is InChI=1S/C21H32N2O4S/c1-6-7-8-9-18-10-11-21-19(12-18)27-20(14-22(4)5)16(2)13-23(17(3)15-24)28(21,25)26/h10-12,16-17,20,24H,6-7,13-15H2,1-5H3/t16-,17-,20+/m0/s1. The molecule has 6 nitrogen and oxygen atoms in total. The van der Waals surface area contributed by atoms with Crippen LogP contribution in [0.25, 0.3) is 0 Å². The van der Waals surface area contributed by atoms with E-state index in [4.69, 9.17) is 4.74 Å². The van der Waals surface area contributed by atoms with Crippen LogP contribution < -0.4 is 4.74 Å². The van der Waals surface area contributed by atoms with Gasteiger partial charge in [-0.1, -0.05) is 25.7 Å². The summed E-state index contributed by atoms with van der Waals surface area (Å²) in [5, 5.41) is 9.63. The fourth-order valence-electron chi connectivity index (χ4n) is 3.17. The zero-order valence-electron chi connectivity index (χ0n) is 17.5. The van der Waals surface area contributed by atoms with Crippen molar-refractivity contribution in [3.63, 3.8) is 0 Å². The number of likely N-dealkylation sites (N-methyl/N-ethyl adjacent to an activating group) is 1. The fraction of sp³-hybridized carbons (Fsp3) is 0.619. The molecule has 0 amide bonds. The van der Waals surface area contributed by atoms with Crippen molar-refractivity contribution in [1.82, 2.24) is 9.21 Å². The number of aliphatic hydroxyl groups is 1. The Labute approximate surface area is 169 Å². The van der Waals surface area contributed by atoms with Gasteiger partial charge >= 0.3 is 0 Å². The summed E-state index contributed by atoms with van der Waals surface area (Å²) in [6, 6.07) is 4.50. The lowest BCUT2D eigenvalue weighted by Gasteiger charge is -2.37. The molecule has 1 aromatic carbocycles. The Morgan fingerprint density at radius 2 is 2.11 bits per heavy atom. The fourth-order valence-corrected chi connectivity index (χ4v) is 5.00. The van der Waals surface area contributed by atoms with Crippen LogP contribution in [-0.2, 0) is 10.0 Å². The monoisotopic (exact) mass is 408 g/mol. The van der Waals surface area contributed by atoms with Crippen molar-refractivity contribution >= 4 is 10.0 Å². The maximum atomic E-state index is 13.3. The van der Waals surface area contributed by atoms with Gasteiger partial charge in [0.05, 0.1) is 6.61 Å². The zero-order valence-corrected chi connectivity index (χ0v) is 18.3. The molecule has 0 unspecified atom stereocenters. The van der Waals surface area contributed by atoms with E-state index in [1.807, 2.05) is 25.9 Å². The van der Waals surface area contributed by atoms with Crippen LogP contribution in [0.1, 0.15) is 39.2 Å². The number of ether oxygens (including phenoxy) is 1. The van der Waals surface area contributed by atoms with E-state index in [9.17, 15) is 13.5 Å². The first kappa shape index (κ1) is 22.7. The molecule has 0 bridgehead atoms. The Morgan fingerprint density at radius 1 is 1.39 bits per heavy atom. The Morgan fingerprint density at radius 3 is 2.71 bits per heavy atom. The molecule has 0 aromatic heterocycles. The number of hydrogen-bond acceptors (Lipinski definition) is 5. The highest BCUT2D eigenvalue weighted by molar-refractivity contribution is 7.89. The molecule has 156 valence electrons. The first-order valence-electron chi connectivity index (χ1n) is 9.77. The minimum absolute atomic E-state index is 0.0471. The predicted octanol–water partition coefficient (Wildman–Crippen LogP) is 2.17. The van der Waals surface area contributed by atoms with E-state index in [1.54, 1.807) is 25.1 Å². The van der Waals surface area contributed by atoms with Crippen LogP contribution in [0.4, 0.5) is 0 Å². The summed E-state index contributed by atoms with van der Waals surface area (Å²) in [6.07, 6.45) is 1.58. The average Bonchev–Trinajstić information content (AvgIpc) is 2.63. The summed E-state index contributed by atoms with van der Waals surface area (Å²) in [4.78, 5) is 2.16. The third-order valence-corrected chi connectivity index (χ3v) is 6.84. The number of unbranched alkanes of at least 4 members (excludes halogenated alkanes) is 1. The molecular weight excluding hydrogens is 376 g/mol. The average molecular weight is 409 g/mol. The van der Waals surface area contributed by atoms with Gasteiger partial charge in [-0.15, -0.1) is 0 Å². The lowest BCUT2D eigenvalue weighted by molar-refractivity contribution is 0.0812. The first-order valence-corrected chi connectivity index (χ1v) is 11.2. The van der Waals surface area contributed by atoms with Crippen molar-refractivity contribution in [2.24, 2.45) is 5.92 Å². The van der Waals surface area contributed by atoms with E-state index in [2.05, 4.69) is 18.8 Å². The Balaban J connectivity index is 2.57. The number of aliphatic hydroxyl groups excluding tert-OH is 1. The van der Waals surface area contributed by atoms with E-state index in [1.165, 1.54) is 4.31 Å². The first-order chi connectivity index (χ1) is 13.2. The van der Waals surface area contributed by atoms with Crippen molar-refractivity contribution in [2.45, 2.75) is 50.7 Å². The number of rotatable bonds is 5. The number of hydrogen-bond donors (Lipinski definition) is 1. The normalized spacial score (nSPS) is 23.0. The highest BCUT2D eigenvalue weighted by atomic mass is 32.2. The zero-order chi connectivity index (χ0) is 20.9. The highest BCUT2D eigenvalue weighted by Crippen LogP contribution is 2.34. The highest BCUT2D eigenvalue weighted by Gasteiger charge is 2.37. The maximum Gasteiger partial charge on any atom is 0.247 e. The number of sulfonamides is 1. The molecule has 1 aliphatic heterocycles. The molecule has 0 fully saturated rings. The molecule has 1 aromatic rings. The van der Waals surface area contributed by atoms with Gasteiger partial charge in [-0.3, -0.25) is 0 Å². The molecule has 3 atom stereocenters. The lowest BCUT2D eigenvalue weighted by atomic mass is 10.0. The second-order valence-electron chi connectivity index (χ2n) is 7.72. The number of benzene rings is 1. The summed E-state index contributed by atoms with van der Waals surface area (Å²) in [6.45, 7) is 6.48. The Bertz CT molecular complexity index is 827. The van der Waals surface area contributed by atoms with Crippen LogP contribution in [0.3, 0.4) is 0 Å². The van der Waals surface area contributed by atoms with Crippen molar-refractivity contribution < 1.29 is 18.3 Å². The molecule has 1 N–H and O–H groups in total. The molecule has 0 aliphatic carbocycles. The van der Waals surface area contributed by atoms with Crippen LogP contribution in [0.15, 0.2) is 23.1 Å². The quantitative estimate of drug-likeness (QED) is 0.756. The van der Waals surface area contributed by atoms with Gasteiger partial charge in [0.1, 0.15) is 16.7 Å². The van der Waals surface area contributed by atoms with Crippen molar-refractivity contribution in [2.75, 3.05) is 33.8 Å². The molecule has 28 heavy (non-hydrogen) atoms. The summed E-state index contributed by atoms with van der Waals surface area (Å²) < 4.78 is 34.2. The third kappa shape index (κ3) is 5.26. The second kappa shape index (κ2) is 9.75. The van der Waals surface area contributed by atoms with Crippen molar-refractivity contribution in [3.8, 4) is 17.6 Å². The van der Waals surface area contributed by atoms with E-state index >= 15 is 0 Å². The van der Waals surface area contributed by atoms with E-state index in [0.29, 0.717) is 18.8 Å². The van der Waals surface area contributed by atoms with Gasteiger partial charge in [-0.2, -0.15) is 4.31 Å². The SMILES string of the molecule is CCCC#Cc1ccc2c(c1)O[C@H](CN(C)C)[C@@H](C)CN([C@@H](C)CO)S2(=O)=O. The molecule has 1 heterocycles. The summed E-state index contributed by atoms with van der Waals surface area (Å²) >= 11 is 0. The van der Waals surface area contributed by atoms with Crippen LogP contribution in [0.2, 0.25) is 0 Å². The third-order valence-electron chi connectivity index (χ3n) is 4.82. The molecule has 0 saturated carbocycles. The van der Waals surface area contributed by atoms with E-state index in [-0.39, 0.29) is 23.5 Å². The van der Waals surface area contributed by atoms with Crippen LogP contribution >= 0.6 is 0 Å². The van der Waals surface area contributed by atoms with Gasteiger partial charge < -0.3 is 14.7 Å². The number of fused-ring (bicyclic) bond motifs is 1. The summed E-state index contributed by atoms with van der Waals surface area (Å²) in [5.74, 6) is 6.45. The van der Waals surface area contributed by atoms with Crippen molar-refractivity contribution in [1.29, 1.82) is 0 Å². The van der Waals surface area contributed by atoms with Gasteiger partial charge in [-0.25, -0.2) is 8.42 Å². The smallest absolute Gasteiger partial charge is 0.247 e. The molecule has 7 heteroatoms. The molecule has 0 saturated heterocycles. The molecule has 0 spiro atoms. The van der Waals surface area contributed by atoms with Gasteiger partial charge in [0.15, 0.2) is 0 Å². The largest absolute Gasteiger partial charge is 0.487 e. The summed E-state index contributed by atoms with van der Waals surface area (Å²) in [7, 11) is 0.137. The van der Waals surface area contributed by atoms with Crippen LogP contribution in [0.5, 0.6) is 5.75 Å². The Kier molecular flexibility index (Phi) is 7.90. The van der Waals surface area contributed by atoms with E-state index in [0.717, 1.165) is 18.4 Å². The molecular formula is C21H32N2O4S.